The summed E-state index contributed by atoms with van der Waals surface area (Å²) in [7, 11) is 0. The zero-order valence-electron chi connectivity index (χ0n) is 7.72. The molecule has 14 heavy (non-hydrogen) atoms. The molecule has 70 valence electrons. The smallest absolute Gasteiger partial charge is 0.0537 e. The van der Waals surface area contributed by atoms with Crippen LogP contribution in [0.25, 0.3) is 0 Å². The van der Waals surface area contributed by atoms with Crippen LogP contribution in [0.5, 0.6) is 0 Å². The molecule has 0 atom stereocenters. The third-order valence-corrected chi connectivity index (χ3v) is 2.04. The quantitative estimate of drug-likeness (QED) is 0.774. The highest BCUT2D eigenvalue weighted by Crippen LogP contribution is 2.12. The van der Waals surface area contributed by atoms with E-state index in [2.05, 4.69) is 9.97 Å². The second-order valence-electron chi connectivity index (χ2n) is 3.07. The number of hydrogen-bond donors (Lipinski definition) is 1. The zero-order valence-corrected chi connectivity index (χ0v) is 7.72. The highest BCUT2D eigenvalue weighted by molar-refractivity contribution is 5.45. The summed E-state index contributed by atoms with van der Waals surface area (Å²) >= 11 is 0. The number of aromatic nitrogens is 2. The molecule has 0 saturated carbocycles. The van der Waals surface area contributed by atoms with Gasteiger partial charge in [-0.25, -0.2) is 0 Å². The highest BCUT2D eigenvalue weighted by Gasteiger charge is 2.00. The van der Waals surface area contributed by atoms with Crippen LogP contribution in [0.3, 0.4) is 0 Å². The average Bonchev–Trinajstić information content (AvgIpc) is 2.23. The van der Waals surface area contributed by atoms with E-state index in [9.17, 15) is 0 Å². The van der Waals surface area contributed by atoms with Crippen LogP contribution in [0, 0.1) is 0 Å². The Balaban J connectivity index is 2.24. The average molecular weight is 185 g/mol. The summed E-state index contributed by atoms with van der Waals surface area (Å²) in [5.41, 5.74) is 8.59. The van der Waals surface area contributed by atoms with Crippen LogP contribution in [-0.4, -0.2) is 9.97 Å². The van der Waals surface area contributed by atoms with Crippen molar-refractivity contribution in [2.45, 2.75) is 6.42 Å². The number of nitrogens with zero attached hydrogens (tertiary/aromatic N) is 2. The van der Waals surface area contributed by atoms with Crippen molar-refractivity contribution in [3.05, 3.63) is 54.1 Å². The van der Waals surface area contributed by atoms with Crippen LogP contribution in [-0.2, 0) is 6.42 Å². The molecule has 0 unspecified atom stereocenters. The van der Waals surface area contributed by atoms with Crippen LogP contribution >= 0.6 is 0 Å². The van der Waals surface area contributed by atoms with Crippen molar-refractivity contribution in [2.24, 2.45) is 0 Å². The van der Waals surface area contributed by atoms with E-state index in [4.69, 9.17) is 5.73 Å². The van der Waals surface area contributed by atoms with Crippen molar-refractivity contribution < 1.29 is 0 Å². The SMILES string of the molecule is Nc1cnccc1Cc1ccccn1. The second kappa shape index (κ2) is 3.87. The molecule has 0 amide bonds. The summed E-state index contributed by atoms with van der Waals surface area (Å²) in [6, 6.07) is 7.78. The Morgan fingerprint density at radius 1 is 1.14 bits per heavy atom. The summed E-state index contributed by atoms with van der Waals surface area (Å²) in [5, 5.41) is 0. The van der Waals surface area contributed by atoms with Gasteiger partial charge in [-0.05, 0) is 23.8 Å². The molecule has 2 aromatic heterocycles. The third-order valence-electron chi connectivity index (χ3n) is 2.04. The summed E-state index contributed by atoms with van der Waals surface area (Å²) in [4.78, 5) is 8.18. The Kier molecular flexibility index (Phi) is 2.40. The molecule has 2 rings (SSSR count). The first kappa shape index (κ1) is 8.69. The Hall–Kier alpha value is -1.90. The van der Waals surface area contributed by atoms with Crippen molar-refractivity contribution in [3.8, 4) is 0 Å². The maximum atomic E-state index is 5.78. The first-order valence-electron chi connectivity index (χ1n) is 4.44. The normalized spacial score (nSPS) is 10.0. The van der Waals surface area contributed by atoms with Crippen LogP contribution in [0.2, 0.25) is 0 Å². The van der Waals surface area contributed by atoms with E-state index < -0.39 is 0 Å². The van der Waals surface area contributed by atoms with E-state index in [0.29, 0.717) is 0 Å². The molecule has 0 spiro atoms. The fourth-order valence-corrected chi connectivity index (χ4v) is 1.29. The number of anilines is 1. The van der Waals surface area contributed by atoms with Gasteiger partial charge in [0.05, 0.1) is 11.9 Å². The van der Waals surface area contributed by atoms with Crippen molar-refractivity contribution in [2.75, 3.05) is 5.73 Å². The molecule has 2 N–H and O–H groups in total. The number of rotatable bonds is 2. The van der Waals surface area contributed by atoms with Gasteiger partial charge in [0.1, 0.15) is 0 Å². The lowest BCUT2D eigenvalue weighted by Crippen LogP contribution is -1.97. The minimum absolute atomic E-state index is 0.721. The van der Waals surface area contributed by atoms with Gasteiger partial charge >= 0.3 is 0 Å². The maximum Gasteiger partial charge on any atom is 0.0537 e. The van der Waals surface area contributed by atoms with Crippen LogP contribution < -0.4 is 5.73 Å². The van der Waals surface area contributed by atoms with Gasteiger partial charge in [-0.2, -0.15) is 0 Å². The van der Waals surface area contributed by atoms with Gasteiger partial charge in [0.25, 0.3) is 0 Å². The van der Waals surface area contributed by atoms with E-state index in [0.717, 1.165) is 23.4 Å². The van der Waals surface area contributed by atoms with Crippen molar-refractivity contribution in [1.29, 1.82) is 0 Å². The number of nitrogens with two attached hydrogens (primary N) is 1. The maximum absolute atomic E-state index is 5.78. The van der Waals surface area contributed by atoms with Crippen LogP contribution in [0.4, 0.5) is 5.69 Å². The van der Waals surface area contributed by atoms with E-state index in [1.54, 1.807) is 18.6 Å². The molecule has 0 bridgehead atoms. The molecular formula is C11H11N3. The topological polar surface area (TPSA) is 51.8 Å². The van der Waals surface area contributed by atoms with Crippen molar-refractivity contribution >= 4 is 5.69 Å². The molecular weight excluding hydrogens is 174 g/mol. The molecule has 0 aliphatic rings. The Bertz CT molecular complexity index is 412. The first-order valence-corrected chi connectivity index (χ1v) is 4.44. The first-order chi connectivity index (χ1) is 6.86. The number of pyridine rings is 2. The summed E-state index contributed by atoms with van der Waals surface area (Å²) < 4.78 is 0. The van der Waals surface area contributed by atoms with E-state index in [1.807, 2.05) is 24.3 Å². The molecule has 3 heteroatoms. The van der Waals surface area contributed by atoms with Crippen molar-refractivity contribution in [1.82, 2.24) is 9.97 Å². The van der Waals surface area contributed by atoms with Crippen molar-refractivity contribution in [3.63, 3.8) is 0 Å². The van der Waals surface area contributed by atoms with Crippen LogP contribution in [0.15, 0.2) is 42.9 Å². The minimum atomic E-state index is 0.721. The Morgan fingerprint density at radius 3 is 2.79 bits per heavy atom. The van der Waals surface area contributed by atoms with Crippen LogP contribution in [0.1, 0.15) is 11.3 Å². The van der Waals surface area contributed by atoms with E-state index >= 15 is 0 Å². The largest absolute Gasteiger partial charge is 0.397 e. The molecule has 3 nitrogen and oxygen atoms in total. The molecule has 0 aromatic carbocycles. The predicted octanol–water partition coefficient (Wildman–Crippen LogP) is 1.65. The van der Waals surface area contributed by atoms with Gasteiger partial charge in [0.2, 0.25) is 0 Å². The van der Waals surface area contributed by atoms with Gasteiger partial charge in [0, 0.05) is 24.5 Å². The Morgan fingerprint density at radius 2 is 2.07 bits per heavy atom. The molecule has 0 saturated heterocycles. The van der Waals surface area contributed by atoms with Gasteiger partial charge in [-0.15, -0.1) is 0 Å². The summed E-state index contributed by atoms with van der Waals surface area (Å²) in [6.07, 6.45) is 5.95. The molecule has 0 fully saturated rings. The molecule has 2 heterocycles. The molecule has 0 aliphatic heterocycles. The van der Waals surface area contributed by atoms with E-state index in [1.165, 1.54) is 0 Å². The van der Waals surface area contributed by atoms with Gasteiger partial charge in [0.15, 0.2) is 0 Å². The lowest BCUT2D eigenvalue weighted by atomic mass is 10.1. The molecule has 2 aromatic rings. The fourth-order valence-electron chi connectivity index (χ4n) is 1.29. The number of hydrogen-bond acceptors (Lipinski definition) is 3. The summed E-state index contributed by atoms with van der Waals surface area (Å²) in [6.45, 7) is 0. The Labute approximate surface area is 82.6 Å². The predicted molar refractivity (Wildman–Crippen MR) is 55.7 cm³/mol. The van der Waals surface area contributed by atoms with E-state index in [-0.39, 0.29) is 0 Å². The highest BCUT2D eigenvalue weighted by atomic mass is 14.7. The summed E-state index contributed by atoms with van der Waals surface area (Å²) in [5.74, 6) is 0. The second-order valence-corrected chi connectivity index (χ2v) is 3.07. The van der Waals surface area contributed by atoms with Gasteiger partial charge in [-0.3, -0.25) is 9.97 Å². The zero-order chi connectivity index (χ0) is 9.80. The number of nitrogen functional groups attached to an aromatic ring is 1. The monoisotopic (exact) mass is 185 g/mol. The lowest BCUT2D eigenvalue weighted by Gasteiger charge is -2.03. The molecule has 0 aliphatic carbocycles. The van der Waals surface area contributed by atoms with Gasteiger partial charge in [-0.1, -0.05) is 6.07 Å². The lowest BCUT2D eigenvalue weighted by molar-refractivity contribution is 1.07. The third kappa shape index (κ3) is 1.88. The minimum Gasteiger partial charge on any atom is -0.397 e. The molecule has 0 radical (unpaired) electrons. The van der Waals surface area contributed by atoms with Gasteiger partial charge < -0.3 is 5.73 Å². The standard InChI is InChI=1S/C11H11N3/c12-11-8-13-6-4-9(11)7-10-3-1-2-5-14-10/h1-6,8H,7,12H2. The fraction of sp³-hybridized carbons (Fsp3) is 0.0909.